The largest absolute Gasteiger partial charge is 0.490 e. The Morgan fingerprint density at radius 3 is 2.23 bits per heavy atom. The molecular weight excluding hydrogens is 528 g/mol. The fraction of sp³-hybridized carbons (Fsp3) is 0.276. The van der Waals surface area contributed by atoms with Crippen molar-refractivity contribution in [2.24, 2.45) is 0 Å². The predicted molar refractivity (Wildman–Crippen MR) is 143 cm³/mol. The van der Waals surface area contributed by atoms with Gasteiger partial charge in [-0.05, 0) is 54.3 Å². The van der Waals surface area contributed by atoms with Crippen LogP contribution >= 0.6 is 0 Å². The zero-order valence-corrected chi connectivity index (χ0v) is 21.5. The topological polar surface area (TPSA) is 98.3 Å². The van der Waals surface area contributed by atoms with Gasteiger partial charge in [-0.25, -0.2) is 14.2 Å². The number of imidazole rings is 1. The van der Waals surface area contributed by atoms with E-state index in [9.17, 15) is 22.4 Å². The van der Waals surface area contributed by atoms with Gasteiger partial charge in [0.05, 0.1) is 11.0 Å². The molecule has 7 nitrogen and oxygen atoms in total. The van der Waals surface area contributed by atoms with Gasteiger partial charge in [0, 0.05) is 31.6 Å². The fourth-order valence-electron chi connectivity index (χ4n) is 4.32. The van der Waals surface area contributed by atoms with Crippen LogP contribution < -0.4 is 5.32 Å². The van der Waals surface area contributed by atoms with Gasteiger partial charge in [-0.15, -0.1) is 0 Å². The first-order valence-electron chi connectivity index (χ1n) is 12.7. The molecule has 3 N–H and O–H groups in total. The van der Waals surface area contributed by atoms with Gasteiger partial charge in [0.15, 0.2) is 0 Å². The quantitative estimate of drug-likeness (QED) is 0.189. The summed E-state index contributed by atoms with van der Waals surface area (Å²) in [6, 6.07) is 21.4. The number of aliphatic carboxylic acids is 1. The summed E-state index contributed by atoms with van der Waals surface area (Å²) in [6.07, 6.45) is -2.39. The van der Waals surface area contributed by atoms with Crippen molar-refractivity contribution in [3.05, 3.63) is 78.1 Å². The van der Waals surface area contributed by atoms with Crippen molar-refractivity contribution >= 4 is 22.9 Å². The van der Waals surface area contributed by atoms with E-state index >= 15 is 0 Å². The molecular formula is C29H28F4N4O3. The lowest BCUT2D eigenvalue weighted by Crippen LogP contribution is -2.28. The Bertz CT molecular complexity index is 1450. The van der Waals surface area contributed by atoms with Gasteiger partial charge in [-0.2, -0.15) is 13.2 Å². The van der Waals surface area contributed by atoms with Crippen LogP contribution in [0, 0.1) is 5.82 Å². The van der Waals surface area contributed by atoms with E-state index in [1.165, 1.54) is 17.7 Å². The van der Waals surface area contributed by atoms with Gasteiger partial charge < -0.3 is 20.3 Å². The number of halogens is 4. The normalized spacial score (nSPS) is 13.4. The van der Waals surface area contributed by atoms with E-state index in [-0.39, 0.29) is 5.82 Å². The Hall–Kier alpha value is -4.25. The summed E-state index contributed by atoms with van der Waals surface area (Å²) in [7, 11) is 0. The van der Waals surface area contributed by atoms with Crippen LogP contribution in [0.4, 0.5) is 17.6 Å². The number of H-pyrrole nitrogens is 1. The average molecular weight is 557 g/mol. The number of benzene rings is 3. The van der Waals surface area contributed by atoms with Crippen LogP contribution in [0.1, 0.15) is 24.8 Å². The summed E-state index contributed by atoms with van der Waals surface area (Å²) in [5.74, 6) is -2.00. The Morgan fingerprint density at radius 1 is 1.00 bits per heavy atom. The SMILES string of the molecule is O=C(O)C(F)(F)F.O=C1CCCN1CCCNCc1ccc(-c2ccc(-c3nc4ccc(F)cc4[nH]3)cc2)cc1. The van der Waals surface area contributed by atoms with Crippen LogP contribution in [0.2, 0.25) is 0 Å². The standard InChI is InChI=1S/C27H27FN4O.C2HF3O2/c28-23-12-13-24-25(17-23)31-27(30-24)22-10-8-21(9-11-22)20-6-4-19(5-7-20)18-29-14-2-16-32-15-1-3-26(32)33;3-2(4,5)1(6)7/h4-13,17,29H,1-3,14-16,18H2,(H,30,31);(H,6,7). The molecule has 0 radical (unpaired) electrons. The van der Waals surface area contributed by atoms with Crippen LogP contribution in [0.5, 0.6) is 0 Å². The van der Waals surface area contributed by atoms with Crippen molar-refractivity contribution in [1.82, 2.24) is 20.2 Å². The Balaban J connectivity index is 0.000000470. The molecule has 1 aromatic heterocycles. The molecule has 1 aliphatic rings. The molecule has 210 valence electrons. The summed E-state index contributed by atoms with van der Waals surface area (Å²) in [5.41, 5.74) is 5.95. The number of carbonyl (C=O) groups is 2. The number of carboxylic acid groups (broad SMARTS) is 1. The number of aromatic nitrogens is 2. The number of alkyl halides is 3. The molecule has 1 amide bonds. The first-order chi connectivity index (χ1) is 19.1. The maximum Gasteiger partial charge on any atom is 0.490 e. The van der Waals surface area contributed by atoms with Crippen LogP contribution in [-0.2, 0) is 16.1 Å². The number of rotatable bonds is 8. The Labute approximate surface area is 227 Å². The average Bonchev–Trinajstić information content (AvgIpc) is 3.54. The van der Waals surface area contributed by atoms with Gasteiger partial charge in [-0.1, -0.05) is 48.5 Å². The third-order valence-electron chi connectivity index (χ3n) is 6.41. The van der Waals surface area contributed by atoms with Crippen molar-refractivity contribution in [3.63, 3.8) is 0 Å². The van der Waals surface area contributed by atoms with Gasteiger partial charge in [0.1, 0.15) is 11.6 Å². The van der Waals surface area contributed by atoms with Crippen molar-refractivity contribution in [2.75, 3.05) is 19.6 Å². The minimum atomic E-state index is -5.08. The molecule has 40 heavy (non-hydrogen) atoms. The van der Waals surface area contributed by atoms with E-state index in [4.69, 9.17) is 9.90 Å². The maximum absolute atomic E-state index is 13.4. The predicted octanol–water partition coefficient (Wildman–Crippen LogP) is 5.77. The zero-order chi connectivity index (χ0) is 28.7. The van der Waals surface area contributed by atoms with E-state index < -0.39 is 12.1 Å². The molecule has 1 saturated heterocycles. The van der Waals surface area contributed by atoms with Gasteiger partial charge in [0.25, 0.3) is 0 Å². The number of carbonyl (C=O) groups excluding carboxylic acids is 1. The van der Waals surface area contributed by atoms with Crippen LogP contribution in [0.25, 0.3) is 33.5 Å². The number of aromatic amines is 1. The molecule has 0 unspecified atom stereocenters. The second-order valence-electron chi connectivity index (χ2n) is 9.34. The first-order valence-corrected chi connectivity index (χ1v) is 12.7. The summed E-state index contributed by atoms with van der Waals surface area (Å²) in [4.78, 5) is 30.2. The van der Waals surface area contributed by atoms with E-state index in [1.54, 1.807) is 6.07 Å². The van der Waals surface area contributed by atoms with Crippen molar-refractivity contribution in [2.45, 2.75) is 32.0 Å². The molecule has 0 saturated carbocycles. The second kappa shape index (κ2) is 12.7. The maximum atomic E-state index is 13.4. The number of amides is 1. The highest BCUT2D eigenvalue weighted by atomic mass is 19.4. The molecule has 0 spiro atoms. The smallest absolute Gasteiger partial charge is 0.475 e. The monoisotopic (exact) mass is 556 g/mol. The van der Waals surface area contributed by atoms with Crippen LogP contribution in [0.3, 0.4) is 0 Å². The van der Waals surface area contributed by atoms with Crippen molar-refractivity contribution in [3.8, 4) is 22.5 Å². The molecule has 5 rings (SSSR count). The lowest BCUT2D eigenvalue weighted by atomic mass is 10.0. The second-order valence-corrected chi connectivity index (χ2v) is 9.34. The van der Waals surface area contributed by atoms with Crippen LogP contribution in [0.15, 0.2) is 66.7 Å². The Kier molecular flexibility index (Phi) is 9.15. The number of carboxylic acids is 1. The van der Waals surface area contributed by atoms with E-state index in [0.29, 0.717) is 17.8 Å². The third-order valence-corrected chi connectivity index (χ3v) is 6.41. The van der Waals surface area contributed by atoms with Gasteiger partial charge >= 0.3 is 12.1 Å². The zero-order valence-electron chi connectivity index (χ0n) is 21.5. The number of fused-ring (bicyclic) bond motifs is 1. The molecule has 11 heteroatoms. The minimum Gasteiger partial charge on any atom is -0.475 e. The van der Waals surface area contributed by atoms with E-state index in [1.807, 2.05) is 17.0 Å². The number of hydrogen-bond donors (Lipinski definition) is 3. The molecule has 3 aromatic carbocycles. The highest BCUT2D eigenvalue weighted by Gasteiger charge is 2.38. The first kappa shape index (κ1) is 28.8. The number of likely N-dealkylation sites (tertiary alicyclic amines) is 1. The highest BCUT2D eigenvalue weighted by Crippen LogP contribution is 2.25. The van der Waals surface area contributed by atoms with E-state index in [0.717, 1.165) is 67.1 Å². The Morgan fingerprint density at radius 2 is 1.62 bits per heavy atom. The summed E-state index contributed by atoms with van der Waals surface area (Å²) in [6.45, 7) is 3.49. The lowest BCUT2D eigenvalue weighted by molar-refractivity contribution is -0.192. The molecule has 2 heterocycles. The molecule has 0 bridgehead atoms. The highest BCUT2D eigenvalue weighted by molar-refractivity contribution is 5.80. The fourth-order valence-corrected chi connectivity index (χ4v) is 4.32. The minimum absolute atomic E-state index is 0.273. The van der Waals surface area contributed by atoms with Crippen molar-refractivity contribution in [1.29, 1.82) is 0 Å². The van der Waals surface area contributed by atoms with Gasteiger partial charge in [-0.3, -0.25) is 4.79 Å². The number of nitrogens with zero attached hydrogens (tertiary/aromatic N) is 2. The molecule has 1 aliphatic heterocycles. The van der Waals surface area contributed by atoms with Gasteiger partial charge in [0.2, 0.25) is 5.91 Å². The summed E-state index contributed by atoms with van der Waals surface area (Å²) < 4.78 is 45.2. The van der Waals surface area contributed by atoms with Crippen molar-refractivity contribution < 1.29 is 32.3 Å². The number of nitrogens with one attached hydrogen (secondary N) is 2. The third kappa shape index (κ3) is 7.66. The molecule has 4 aromatic rings. The van der Waals surface area contributed by atoms with E-state index in [2.05, 4.69) is 51.7 Å². The summed E-state index contributed by atoms with van der Waals surface area (Å²) in [5, 5.41) is 10.6. The summed E-state index contributed by atoms with van der Waals surface area (Å²) >= 11 is 0. The molecule has 0 atom stereocenters. The number of hydrogen-bond acceptors (Lipinski definition) is 4. The molecule has 0 aliphatic carbocycles. The van der Waals surface area contributed by atoms with Crippen LogP contribution in [-0.4, -0.2) is 57.7 Å². The molecule has 1 fully saturated rings. The lowest BCUT2D eigenvalue weighted by Gasteiger charge is -2.15.